The zero-order valence-electron chi connectivity index (χ0n) is 14.7. The highest BCUT2D eigenvalue weighted by Crippen LogP contribution is 2.29. The number of para-hydroxylation sites is 1. The highest BCUT2D eigenvalue weighted by molar-refractivity contribution is 6.03. The first kappa shape index (κ1) is 15.8. The zero-order chi connectivity index (χ0) is 18.4. The maximum absolute atomic E-state index is 12.7. The van der Waals surface area contributed by atoms with Gasteiger partial charge in [0, 0.05) is 22.2 Å². The Labute approximate surface area is 154 Å². The van der Waals surface area contributed by atoms with Crippen LogP contribution in [0.4, 0.5) is 0 Å². The molecule has 0 radical (unpaired) electrons. The van der Waals surface area contributed by atoms with E-state index in [0.29, 0.717) is 16.5 Å². The summed E-state index contributed by atoms with van der Waals surface area (Å²) in [5, 5.41) is 1.57. The monoisotopic (exact) mass is 358 g/mol. The Kier molecular flexibility index (Phi) is 3.57. The fourth-order valence-corrected chi connectivity index (χ4v) is 3.87. The van der Waals surface area contributed by atoms with Gasteiger partial charge in [0.2, 0.25) is 0 Å². The number of H-pyrrole nitrogens is 1. The van der Waals surface area contributed by atoms with Crippen molar-refractivity contribution < 1.29 is 4.79 Å². The average molecular weight is 358 g/mol. The average Bonchev–Trinajstić information content (AvgIpc) is 3.08. The van der Waals surface area contributed by atoms with Crippen LogP contribution in [0, 0.1) is 0 Å². The number of hydrogen-bond donors (Lipinski definition) is 2. The van der Waals surface area contributed by atoms with Crippen LogP contribution >= 0.6 is 0 Å². The predicted octanol–water partition coefficient (Wildman–Crippen LogP) is 3.14. The molecule has 0 fully saturated rings. The largest absolute Gasteiger partial charge is 0.358 e. The van der Waals surface area contributed by atoms with E-state index in [0.717, 1.165) is 28.4 Å². The first-order valence-corrected chi connectivity index (χ1v) is 9.12. The Hall–Kier alpha value is -3.41. The second kappa shape index (κ2) is 6.09. The highest BCUT2D eigenvalue weighted by Gasteiger charge is 2.17. The van der Waals surface area contributed by atoms with Crippen LogP contribution in [0.25, 0.3) is 21.8 Å². The van der Waals surface area contributed by atoms with Gasteiger partial charge in [-0.25, -0.2) is 9.66 Å². The third kappa shape index (κ3) is 2.61. The molecule has 6 nitrogen and oxygen atoms in total. The topological polar surface area (TPSA) is 79.8 Å². The minimum atomic E-state index is -0.332. The fourth-order valence-electron chi connectivity index (χ4n) is 3.87. The maximum Gasteiger partial charge on any atom is 0.280 e. The number of aromatic amines is 1. The summed E-state index contributed by atoms with van der Waals surface area (Å²) in [6.07, 6.45) is 5.82. The van der Waals surface area contributed by atoms with Gasteiger partial charge in [0.1, 0.15) is 6.33 Å². The summed E-state index contributed by atoms with van der Waals surface area (Å²) < 4.78 is 1.14. The molecule has 134 valence electrons. The van der Waals surface area contributed by atoms with E-state index >= 15 is 0 Å². The van der Waals surface area contributed by atoms with Crippen LogP contribution in [0.15, 0.2) is 53.6 Å². The quantitative estimate of drug-likeness (QED) is 0.578. The van der Waals surface area contributed by atoms with Crippen molar-refractivity contribution in [3.05, 3.63) is 76.0 Å². The summed E-state index contributed by atoms with van der Waals surface area (Å²) in [6, 6.07) is 12.7. The van der Waals surface area contributed by atoms with Gasteiger partial charge in [-0.2, -0.15) is 0 Å². The molecule has 5 rings (SSSR count). The summed E-state index contributed by atoms with van der Waals surface area (Å²) in [7, 11) is 0. The number of aryl methyl sites for hydroxylation is 2. The number of fused-ring (bicyclic) bond motifs is 4. The number of carbonyl (C=O) groups is 1. The van der Waals surface area contributed by atoms with Crippen molar-refractivity contribution in [2.75, 3.05) is 5.43 Å². The van der Waals surface area contributed by atoms with Gasteiger partial charge in [0.15, 0.2) is 0 Å². The Morgan fingerprint density at radius 3 is 2.85 bits per heavy atom. The van der Waals surface area contributed by atoms with Gasteiger partial charge in [-0.15, -0.1) is 0 Å². The number of rotatable bonds is 2. The van der Waals surface area contributed by atoms with Crippen LogP contribution in [-0.2, 0) is 12.8 Å². The minimum Gasteiger partial charge on any atom is -0.358 e. The summed E-state index contributed by atoms with van der Waals surface area (Å²) in [6.45, 7) is 0. The van der Waals surface area contributed by atoms with Gasteiger partial charge in [-0.05, 0) is 61.6 Å². The lowest BCUT2D eigenvalue weighted by Crippen LogP contribution is -2.33. The molecule has 0 spiro atoms. The number of nitrogens with zero attached hydrogens (tertiary/aromatic N) is 2. The number of hydrogen-bond acceptors (Lipinski definition) is 3. The Balaban J connectivity index is 1.51. The van der Waals surface area contributed by atoms with Gasteiger partial charge < -0.3 is 4.98 Å². The van der Waals surface area contributed by atoms with Crippen LogP contribution in [0.5, 0.6) is 0 Å². The van der Waals surface area contributed by atoms with Crippen molar-refractivity contribution in [1.29, 1.82) is 0 Å². The standard InChI is InChI=1S/C21H18N4O2/c26-20(24-25-12-22-17-7-3-2-6-15(17)21(25)27)13-9-10-19-16(11-13)14-5-1-4-8-18(14)23-19/h2-3,6-7,9-12,23H,1,4-5,8H2,(H,24,26). The Morgan fingerprint density at radius 1 is 1.07 bits per heavy atom. The molecule has 4 aromatic rings. The normalized spacial score (nSPS) is 13.6. The van der Waals surface area contributed by atoms with Crippen LogP contribution in [0.1, 0.15) is 34.5 Å². The summed E-state index contributed by atoms with van der Waals surface area (Å²) >= 11 is 0. The number of benzene rings is 2. The smallest absolute Gasteiger partial charge is 0.280 e. The van der Waals surface area contributed by atoms with E-state index in [1.54, 1.807) is 24.3 Å². The second-order valence-corrected chi connectivity index (χ2v) is 6.93. The summed E-state index contributed by atoms with van der Waals surface area (Å²) in [5.41, 5.74) is 7.13. The van der Waals surface area contributed by atoms with Crippen molar-refractivity contribution in [3.63, 3.8) is 0 Å². The molecule has 0 atom stereocenters. The highest BCUT2D eigenvalue weighted by atomic mass is 16.2. The first-order chi connectivity index (χ1) is 13.2. The number of aromatic nitrogens is 3. The van der Waals surface area contributed by atoms with Gasteiger partial charge in [-0.3, -0.25) is 15.0 Å². The van der Waals surface area contributed by atoms with Crippen molar-refractivity contribution in [1.82, 2.24) is 14.6 Å². The molecular weight excluding hydrogens is 340 g/mol. The van der Waals surface area contributed by atoms with E-state index in [4.69, 9.17) is 0 Å². The molecule has 6 heteroatoms. The molecule has 0 bridgehead atoms. The minimum absolute atomic E-state index is 0.297. The lowest BCUT2D eigenvalue weighted by atomic mass is 9.95. The molecule has 1 amide bonds. The number of nitrogens with one attached hydrogen (secondary N) is 2. The molecule has 0 saturated carbocycles. The molecule has 0 unspecified atom stereocenters. The van der Waals surface area contributed by atoms with E-state index in [2.05, 4.69) is 15.4 Å². The summed E-state index contributed by atoms with van der Waals surface area (Å²) in [4.78, 5) is 33.0. The lowest BCUT2D eigenvalue weighted by Gasteiger charge is -2.11. The predicted molar refractivity (Wildman–Crippen MR) is 105 cm³/mol. The third-order valence-corrected chi connectivity index (χ3v) is 5.25. The van der Waals surface area contributed by atoms with Crippen molar-refractivity contribution in [2.24, 2.45) is 0 Å². The molecule has 1 aliphatic rings. The molecule has 2 heterocycles. The SMILES string of the molecule is O=C(Nn1cnc2ccccc2c1=O)c1ccc2[nH]c3c(c2c1)CCCC3. The molecule has 27 heavy (non-hydrogen) atoms. The number of carbonyl (C=O) groups excluding carboxylic acids is 1. The third-order valence-electron chi connectivity index (χ3n) is 5.25. The van der Waals surface area contributed by atoms with Crippen molar-refractivity contribution in [3.8, 4) is 0 Å². The van der Waals surface area contributed by atoms with E-state index in [9.17, 15) is 9.59 Å². The van der Waals surface area contributed by atoms with Gasteiger partial charge >= 0.3 is 0 Å². The maximum atomic E-state index is 12.7. The lowest BCUT2D eigenvalue weighted by molar-refractivity contribution is 0.101. The Morgan fingerprint density at radius 2 is 1.93 bits per heavy atom. The molecule has 0 aliphatic heterocycles. The first-order valence-electron chi connectivity index (χ1n) is 9.12. The van der Waals surface area contributed by atoms with Crippen LogP contribution < -0.4 is 11.0 Å². The Bertz CT molecular complexity index is 1250. The van der Waals surface area contributed by atoms with Gasteiger partial charge in [0.25, 0.3) is 11.5 Å². The fraction of sp³-hybridized carbons (Fsp3) is 0.190. The molecule has 0 saturated heterocycles. The summed E-state index contributed by atoms with van der Waals surface area (Å²) in [5.74, 6) is -0.332. The molecular formula is C21H18N4O2. The van der Waals surface area contributed by atoms with Crippen molar-refractivity contribution >= 4 is 27.7 Å². The van der Waals surface area contributed by atoms with Crippen LogP contribution in [-0.4, -0.2) is 20.6 Å². The van der Waals surface area contributed by atoms with E-state index in [-0.39, 0.29) is 11.5 Å². The van der Waals surface area contributed by atoms with Gasteiger partial charge in [-0.1, -0.05) is 12.1 Å². The molecule has 2 aromatic heterocycles. The molecule has 1 aliphatic carbocycles. The van der Waals surface area contributed by atoms with E-state index in [1.165, 1.54) is 30.4 Å². The van der Waals surface area contributed by atoms with E-state index in [1.807, 2.05) is 18.2 Å². The van der Waals surface area contributed by atoms with Gasteiger partial charge in [0.05, 0.1) is 10.9 Å². The van der Waals surface area contributed by atoms with E-state index < -0.39 is 0 Å². The second-order valence-electron chi connectivity index (χ2n) is 6.93. The zero-order valence-corrected chi connectivity index (χ0v) is 14.7. The van der Waals surface area contributed by atoms with Crippen LogP contribution in [0.2, 0.25) is 0 Å². The number of amides is 1. The van der Waals surface area contributed by atoms with Crippen LogP contribution in [0.3, 0.4) is 0 Å². The molecule has 2 aromatic carbocycles. The van der Waals surface area contributed by atoms with Crippen molar-refractivity contribution in [2.45, 2.75) is 25.7 Å². The molecule has 2 N–H and O–H groups in total.